The molecular formula is C16H28N2O2. The zero-order valence-electron chi connectivity index (χ0n) is 12.7. The lowest BCUT2D eigenvalue weighted by atomic mass is 10.1. The van der Waals surface area contributed by atoms with Crippen LogP contribution in [-0.4, -0.2) is 25.7 Å². The van der Waals surface area contributed by atoms with E-state index in [1.54, 1.807) is 6.07 Å². The van der Waals surface area contributed by atoms with Crippen LogP contribution < -0.4 is 5.32 Å². The fourth-order valence-electron chi connectivity index (χ4n) is 1.74. The van der Waals surface area contributed by atoms with Crippen molar-refractivity contribution >= 4 is 5.91 Å². The minimum Gasteiger partial charge on any atom is -0.381 e. The fourth-order valence-corrected chi connectivity index (χ4v) is 1.74. The molecule has 0 spiro atoms. The SMILES string of the molecule is C=C(C#N)C(=O)NCCCCCCCCOCCCC. The van der Waals surface area contributed by atoms with Crippen molar-refractivity contribution in [3.63, 3.8) is 0 Å². The summed E-state index contributed by atoms with van der Waals surface area (Å²) in [5.74, 6) is -0.350. The molecule has 0 unspecified atom stereocenters. The van der Waals surface area contributed by atoms with Crippen LogP contribution in [-0.2, 0) is 9.53 Å². The summed E-state index contributed by atoms with van der Waals surface area (Å²) in [5.41, 5.74) is -0.0203. The van der Waals surface area contributed by atoms with Crippen LogP contribution in [0.4, 0.5) is 0 Å². The Morgan fingerprint density at radius 3 is 2.35 bits per heavy atom. The second-order valence-corrected chi connectivity index (χ2v) is 4.93. The molecule has 0 saturated carbocycles. The third-order valence-electron chi connectivity index (χ3n) is 3.05. The summed E-state index contributed by atoms with van der Waals surface area (Å²) in [6.45, 7) is 7.93. The molecule has 0 bridgehead atoms. The van der Waals surface area contributed by atoms with Gasteiger partial charge in [0.05, 0.1) is 0 Å². The predicted molar refractivity (Wildman–Crippen MR) is 81.2 cm³/mol. The van der Waals surface area contributed by atoms with Gasteiger partial charge in [-0.25, -0.2) is 0 Å². The first kappa shape index (κ1) is 18.7. The summed E-state index contributed by atoms with van der Waals surface area (Å²) in [4.78, 5) is 11.2. The van der Waals surface area contributed by atoms with Gasteiger partial charge >= 0.3 is 0 Å². The van der Waals surface area contributed by atoms with Crippen LogP contribution >= 0.6 is 0 Å². The van der Waals surface area contributed by atoms with E-state index in [9.17, 15) is 4.79 Å². The molecule has 0 heterocycles. The second kappa shape index (κ2) is 14.1. The van der Waals surface area contributed by atoms with E-state index in [4.69, 9.17) is 10.00 Å². The summed E-state index contributed by atoms with van der Waals surface area (Å²) in [7, 11) is 0. The van der Waals surface area contributed by atoms with E-state index in [1.807, 2.05) is 0 Å². The van der Waals surface area contributed by atoms with Crippen LogP contribution in [0.1, 0.15) is 58.3 Å². The zero-order chi connectivity index (χ0) is 15.1. The van der Waals surface area contributed by atoms with Crippen LogP contribution in [0.25, 0.3) is 0 Å². The van der Waals surface area contributed by atoms with Crippen molar-refractivity contribution in [1.82, 2.24) is 5.32 Å². The lowest BCUT2D eigenvalue weighted by Crippen LogP contribution is -2.25. The number of carbonyl (C=O) groups excluding carboxylic acids is 1. The number of ether oxygens (including phenoxy) is 1. The molecule has 4 nitrogen and oxygen atoms in total. The molecule has 0 aliphatic rings. The first-order valence-corrected chi connectivity index (χ1v) is 7.67. The summed E-state index contributed by atoms with van der Waals surface area (Å²) in [6.07, 6.45) is 9.17. The van der Waals surface area contributed by atoms with Crippen molar-refractivity contribution in [3.8, 4) is 6.07 Å². The van der Waals surface area contributed by atoms with Gasteiger partial charge in [0.15, 0.2) is 0 Å². The summed E-state index contributed by atoms with van der Waals surface area (Å²) >= 11 is 0. The van der Waals surface area contributed by atoms with Gasteiger partial charge in [-0.1, -0.05) is 45.6 Å². The van der Waals surface area contributed by atoms with Crippen LogP contribution in [0.15, 0.2) is 12.2 Å². The first-order chi connectivity index (χ1) is 9.72. The molecule has 0 atom stereocenters. The highest BCUT2D eigenvalue weighted by atomic mass is 16.5. The minimum atomic E-state index is -0.350. The average Bonchev–Trinajstić information content (AvgIpc) is 2.47. The second-order valence-electron chi connectivity index (χ2n) is 4.93. The average molecular weight is 280 g/mol. The number of rotatable bonds is 13. The molecule has 0 aliphatic carbocycles. The van der Waals surface area contributed by atoms with Crippen molar-refractivity contribution < 1.29 is 9.53 Å². The molecular weight excluding hydrogens is 252 g/mol. The largest absolute Gasteiger partial charge is 0.381 e. The monoisotopic (exact) mass is 280 g/mol. The van der Waals surface area contributed by atoms with Gasteiger partial charge in [-0.3, -0.25) is 4.79 Å². The Hall–Kier alpha value is -1.34. The fraction of sp³-hybridized carbons (Fsp3) is 0.750. The molecule has 0 saturated heterocycles. The number of carbonyl (C=O) groups is 1. The molecule has 20 heavy (non-hydrogen) atoms. The Morgan fingerprint density at radius 2 is 1.70 bits per heavy atom. The van der Waals surface area contributed by atoms with Crippen LogP contribution in [0.5, 0.6) is 0 Å². The number of nitrogens with one attached hydrogen (secondary N) is 1. The van der Waals surface area contributed by atoms with Crippen LogP contribution in [0, 0.1) is 11.3 Å². The van der Waals surface area contributed by atoms with E-state index in [-0.39, 0.29) is 11.5 Å². The van der Waals surface area contributed by atoms with Gasteiger partial charge in [0, 0.05) is 19.8 Å². The molecule has 0 fully saturated rings. The summed E-state index contributed by atoms with van der Waals surface area (Å²) in [6, 6.07) is 1.74. The maximum absolute atomic E-state index is 11.2. The van der Waals surface area contributed by atoms with E-state index in [0.29, 0.717) is 6.54 Å². The van der Waals surface area contributed by atoms with E-state index in [1.165, 1.54) is 25.7 Å². The normalized spacial score (nSPS) is 10.0. The van der Waals surface area contributed by atoms with Gasteiger partial charge in [-0.2, -0.15) is 5.26 Å². The van der Waals surface area contributed by atoms with Crippen molar-refractivity contribution in [2.75, 3.05) is 19.8 Å². The molecule has 0 aliphatic heterocycles. The quantitative estimate of drug-likeness (QED) is 0.320. The molecule has 1 amide bonds. The van der Waals surface area contributed by atoms with Crippen molar-refractivity contribution in [3.05, 3.63) is 12.2 Å². The molecule has 0 rings (SSSR count). The topological polar surface area (TPSA) is 62.1 Å². The summed E-state index contributed by atoms with van der Waals surface area (Å²) < 4.78 is 5.50. The standard InChI is InChI=1S/C16H28N2O2/c1-3-4-12-20-13-10-8-6-5-7-9-11-18-16(19)15(2)14-17/h2-13H2,1H3,(H,18,19). The van der Waals surface area contributed by atoms with Crippen molar-refractivity contribution in [2.24, 2.45) is 0 Å². The van der Waals surface area contributed by atoms with Crippen LogP contribution in [0.2, 0.25) is 0 Å². The van der Waals surface area contributed by atoms with E-state index in [0.717, 1.165) is 38.9 Å². The Balaban J connectivity index is 3.16. The molecule has 4 heteroatoms. The zero-order valence-corrected chi connectivity index (χ0v) is 12.7. The minimum absolute atomic E-state index is 0.0203. The molecule has 0 radical (unpaired) electrons. The number of amides is 1. The van der Waals surface area contributed by atoms with Gasteiger partial charge in [0.2, 0.25) is 0 Å². The highest BCUT2D eigenvalue weighted by Crippen LogP contribution is 2.05. The smallest absolute Gasteiger partial charge is 0.261 e. The van der Waals surface area contributed by atoms with Gasteiger partial charge in [-0.15, -0.1) is 0 Å². The van der Waals surface area contributed by atoms with Gasteiger partial charge in [0.1, 0.15) is 11.6 Å². The number of nitriles is 1. The molecule has 1 N–H and O–H groups in total. The number of hydrogen-bond acceptors (Lipinski definition) is 3. The lowest BCUT2D eigenvalue weighted by Gasteiger charge is -2.05. The lowest BCUT2D eigenvalue weighted by molar-refractivity contribution is -0.117. The number of unbranched alkanes of at least 4 members (excludes halogenated alkanes) is 6. The van der Waals surface area contributed by atoms with Gasteiger partial charge < -0.3 is 10.1 Å². The Labute approximate surface area is 123 Å². The van der Waals surface area contributed by atoms with Crippen molar-refractivity contribution in [2.45, 2.75) is 58.3 Å². The van der Waals surface area contributed by atoms with E-state index < -0.39 is 0 Å². The Bertz CT molecular complexity index is 308. The van der Waals surface area contributed by atoms with E-state index in [2.05, 4.69) is 18.8 Å². The number of hydrogen-bond donors (Lipinski definition) is 1. The Morgan fingerprint density at radius 1 is 1.10 bits per heavy atom. The van der Waals surface area contributed by atoms with E-state index >= 15 is 0 Å². The maximum Gasteiger partial charge on any atom is 0.261 e. The first-order valence-electron chi connectivity index (χ1n) is 7.67. The van der Waals surface area contributed by atoms with Gasteiger partial charge in [0.25, 0.3) is 5.91 Å². The molecule has 0 aromatic rings. The van der Waals surface area contributed by atoms with Crippen molar-refractivity contribution in [1.29, 1.82) is 5.26 Å². The van der Waals surface area contributed by atoms with Gasteiger partial charge in [-0.05, 0) is 19.3 Å². The molecule has 114 valence electrons. The maximum atomic E-state index is 11.2. The highest BCUT2D eigenvalue weighted by Gasteiger charge is 2.03. The Kier molecular flexibility index (Phi) is 13.1. The summed E-state index contributed by atoms with van der Waals surface area (Å²) in [5, 5.41) is 11.2. The third-order valence-corrected chi connectivity index (χ3v) is 3.05. The molecule has 0 aromatic heterocycles. The van der Waals surface area contributed by atoms with Crippen LogP contribution in [0.3, 0.4) is 0 Å². The predicted octanol–water partition coefficient (Wildman–Crippen LogP) is 3.34. The number of nitrogens with zero attached hydrogens (tertiary/aromatic N) is 1. The third kappa shape index (κ3) is 11.7. The molecule has 0 aromatic carbocycles. The highest BCUT2D eigenvalue weighted by molar-refractivity contribution is 5.96.